The summed E-state index contributed by atoms with van der Waals surface area (Å²) in [5.74, 6) is -1.50. The highest BCUT2D eigenvalue weighted by molar-refractivity contribution is 9.09. The molecule has 0 aliphatic heterocycles. The van der Waals surface area contributed by atoms with E-state index in [0.29, 0.717) is 6.42 Å². The summed E-state index contributed by atoms with van der Waals surface area (Å²) in [5.41, 5.74) is 0. The lowest BCUT2D eigenvalue weighted by molar-refractivity contribution is -0.171. The molecule has 5 unspecified atom stereocenters. The topological polar surface area (TPSA) is 78.9 Å². The van der Waals surface area contributed by atoms with Crippen molar-refractivity contribution in [1.82, 2.24) is 0 Å². The smallest absolute Gasteiger partial charge is 0.302 e. The number of carbonyl (C=O) groups is 3. The highest BCUT2D eigenvalue weighted by Crippen LogP contribution is 2.37. The van der Waals surface area contributed by atoms with Gasteiger partial charge in [0.05, 0.1) is 11.4 Å². The molecule has 0 radical (unpaired) electrons. The third-order valence-corrected chi connectivity index (χ3v) is 4.39. The SMILES string of the molecule is CC(=O)OCC1CC(Br)C(OC(C)=O)C(C)C1OC(C)=O. The Morgan fingerprint density at radius 1 is 1.00 bits per heavy atom. The Labute approximate surface area is 132 Å². The van der Waals surface area contributed by atoms with Gasteiger partial charge in [-0.3, -0.25) is 14.4 Å². The van der Waals surface area contributed by atoms with E-state index in [9.17, 15) is 14.4 Å². The molecule has 5 atom stereocenters. The lowest BCUT2D eigenvalue weighted by Crippen LogP contribution is -2.51. The predicted molar refractivity (Wildman–Crippen MR) is 77.7 cm³/mol. The highest BCUT2D eigenvalue weighted by atomic mass is 79.9. The number of alkyl halides is 1. The van der Waals surface area contributed by atoms with Gasteiger partial charge >= 0.3 is 17.9 Å². The van der Waals surface area contributed by atoms with E-state index in [1.54, 1.807) is 0 Å². The van der Waals surface area contributed by atoms with Crippen molar-refractivity contribution in [2.45, 2.75) is 51.2 Å². The van der Waals surface area contributed by atoms with E-state index in [1.807, 2.05) is 6.92 Å². The Bertz CT molecular complexity index is 408. The van der Waals surface area contributed by atoms with Gasteiger partial charge in [-0.05, 0) is 6.42 Å². The van der Waals surface area contributed by atoms with Crippen LogP contribution in [0.5, 0.6) is 0 Å². The van der Waals surface area contributed by atoms with Gasteiger partial charge in [-0.25, -0.2) is 0 Å². The number of hydrogen-bond acceptors (Lipinski definition) is 6. The van der Waals surface area contributed by atoms with Crippen LogP contribution in [0.4, 0.5) is 0 Å². The van der Waals surface area contributed by atoms with Crippen molar-refractivity contribution < 1.29 is 28.6 Å². The van der Waals surface area contributed by atoms with E-state index in [2.05, 4.69) is 15.9 Å². The minimum absolute atomic E-state index is 0.0798. The number of esters is 3. The zero-order valence-electron chi connectivity index (χ0n) is 12.6. The molecular weight excluding hydrogens is 344 g/mol. The van der Waals surface area contributed by atoms with Crippen LogP contribution < -0.4 is 0 Å². The average molecular weight is 365 g/mol. The van der Waals surface area contributed by atoms with Crippen LogP contribution in [0, 0.1) is 11.8 Å². The van der Waals surface area contributed by atoms with Crippen LogP contribution in [0.2, 0.25) is 0 Å². The molecule has 0 heterocycles. The first kappa shape index (κ1) is 17.9. The van der Waals surface area contributed by atoms with Gasteiger partial charge in [-0.15, -0.1) is 0 Å². The van der Waals surface area contributed by atoms with Crippen LogP contribution in [0.3, 0.4) is 0 Å². The van der Waals surface area contributed by atoms with Crippen LogP contribution in [-0.2, 0) is 28.6 Å². The maximum Gasteiger partial charge on any atom is 0.302 e. The van der Waals surface area contributed by atoms with Crippen molar-refractivity contribution >= 4 is 33.8 Å². The third kappa shape index (κ3) is 5.30. The van der Waals surface area contributed by atoms with Crippen molar-refractivity contribution in [3.05, 3.63) is 0 Å². The average Bonchev–Trinajstić information content (AvgIpc) is 2.35. The van der Waals surface area contributed by atoms with Crippen molar-refractivity contribution in [2.75, 3.05) is 6.61 Å². The summed E-state index contributed by atoms with van der Waals surface area (Å²) in [4.78, 5) is 33.4. The number of ether oxygens (including phenoxy) is 3. The number of halogens is 1. The first-order valence-electron chi connectivity index (χ1n) is 6.84. The van der Waals surface area contributed by atoms with Gasteiger partial charge in [0.15, 0.2) is 0 Å². The fourth-order valence-corrected chi connectivity index (χ4v) is 3.73. The normalized spacial score (nSPS) is 32.1. The Hall–Kier alpha value is -1.11. The molecule has 0 bridgehead atoms. The second-order valence-electron chi connectivity index (χ2n) is 5.32. The molecule has 1 fully saturated rings. The van der Waals surface area contributed by atoms with Crippen molar-refractivity contribution in [3.8, 4) is 0 Å². The fraction of sp³-hybridized carbons (Fsp3) is 0.786. The maximum atomic E-state index is 11.3. The van der Waals surface area contributed by atoms with Gasteiger partial charge in [0.25, 0.3) is 0 Å². The molecule has 21 heavy (non-hydrogen) atoms. The van der Waals surface area contributed by atoms with Crippen LogP contribution in [0.25, 0.3) is 0 Å². The third-order valence-electron chi connectivity index (χ3n) is 3.49. The van der Waals surface area contributed by atoms with E-state index in [1.165, 1.54) is 20.8 Å². The zero-order chi connectivity index (χ0) is 16.2. The Kier molecular flexibility index (Phi) is 6.64. The quantitative estimate of drug-likeness (QED) is 0.430. The minimum atomic E-state index is -0.458. The molecule has 120 valence electrons. The first-order chi connectivity index (χ1) is 9.72. The summed E-state index contributed by atoms with van der Waals surface area (Å²) in [5, 5.41) is 0. The van der Waals surface area contributed by atoms with Gasteiger partial charge in [-0.2, -0.15) is 0 Å². The molecule has 0 aromatic rings. The predicted octanol–water partition coefficient (Wildman–Crippen LogP) is 1.83. The number of rotatable bonds is 4. The van der Waals surface area contributed by atoms with Gasteiger partial charge in [0.1, 0.15) is 12.2 Å². The van der Waals surface area contributed by atoms with Crippen LogP contribution >= 0.6 is 15.9 Å². The van der Waals surface area contributed by atoms with E-state index < -0.39 is 12.1 Å². The van der Waals surface area contributed by atoms with E-state index in [0.717, 1.165) is 0 Å². The van der Waals surface area contributed by atoms with Crippen LogP contribution in [-0.4, -0.2) is 41.5 Å². The molecule has 0 N–H and O–H groups in total. The van der Waals surface area contributed by atoms with Crippen LogP contribution in [0.1, 0.15) is 34.1 Å². The number of carbonyl (C=O) groups excluding carboxylic acids is 3. The van der Waals surface area contributed by atoms with E-state index in [-0.39, 0.29) is 41.3 Å². The Balaban J connectivity index is 2.86. The Morgan fingerprint density at radius 2 is 1.52 bits per heavy atom. The monoisotopic (exact) mass is 364 g/mol. The van der Waals surface area contributed by atoms with Crippen molar-refractivity contribution in [1.29, 1.82) is 0 Å². The largest absolute Gasteiger partial charge is 0.465 e. The fourth-order valence-electron chi connectivity index (χ4n) is 2.66. The molecule has 0 spiro atoms. The lowest BCUT2D eigenvalue weighted by atomic mass is 9.77. The molecule has 1 saturated carbocycles. The molecule has 6 nitrogen and oxygen atoms in total. The molecule has 0 amide bonds. The summed E-state index contributed by atoms with van der Waals surface area (Å²) in [6.45, 7) is 6.04. The Morgan fingerprint density at radius 3 is 2.00 bits per heavy atom. The van der Waals surface area contributed by atoms with Gasteiger partial charge in [-0.1, -0.05) is 22.9 Å². The van der Waals surface area contributed by atoms with Crippen molar-refractivity contribution in [2.24, 2.45) is 11.8 Å². The molecule has 0 saturated heterocycles. The summed E-state index contributed by atoms with van der Waals surface area (Å²) in [6, 6.07) is 0. The zero-order valence-corrected chi connectivity index (χ0v) is 14.2. The molecule has 0 aromatic carbocycles. The van der Waals surface area contributed by atoms with E-state index >= 15 is 0 Å². The van der Waals surface area contributed by atoms with Gasteiger partial charge < -0.3 is 14.2 Å². The standard InChI is InChI=1S/C14H21BrO6/c1-7-13(20-9(3)17)11(6-19-8(2)16)5-12(15)14(7)21-10(4)18/h7,11-14H,5-6H2,1-4H3. The molecule has 7 heteroatoms. The van der Waals surface area contributed by atoms with Gasteiger partial charge in [0.2, 0.25) is 0 Å². The number of hydrogen-bond donors (Lipinski definition) is 0. The second kappa shape index (κ2) is 7.77. The molecule has 1 aliphatic rings. The summed E-state index contributed by atoms with van der Waals surface area (Å²) in [6.07, 6.45) is -0.270. The summed E-state index contributed by atoms with van der Waals surface area (Å²) >= 11 is 3.51. The molecular formula is C14H21BrO6. The molecule has 0 aromatic heterocycles. The first-order valence-corrected chi connectivity index (χ1v) is 7.75. The summed E-state index contributed by atoms with van der Waals surface area (Å²) < 4.78 is 15.7. The molecule has 1 aliphatic carbocycles. The maximum absolute atomic E-state index is 11.3. The lowest BCUT2D eigenvalue weighted by Gasteiger charge is -2.42. The molecule has 1 rings (SSSR count). The van der Waals surface area contributed by atoms with E-state index in [4.69, 9.17) is 14.2 Å². The minimum Gasteiger partial charge on any atom is -0.465 e. The highest BCUT2D eigenvalue weighted by Gasteiger charge is 2.45. The van der Waals surface area contributed by atoms with Crippen molar-refractivity contribution in [3.63, 3.8) is 0 Å². The second-order valence-corrected chi connectivity index (χ2v) is 6.50. The van der Waals surface area contributed by atoms with Crippen LogP contribution in [0.15, 0.2) is 0 Å². The van der Waals surface area contributed by atoms with Gasteiger partial charge in [0, 0.05) is 32.6 Å². The summed E-state index contributed by atoms with van der Waals surface area (Å²) in [7, 11) is 0.